The predicted octanol–water partition coefficient (Wildman–Crippen LogP) is 4.66. The van der Waals surface area contributed by atoms with Crippen molar-refractivity contribution < 1.29 is 9.59 Å². The van der Waals surface area contributed by atoms with Crippen LogP contribution in [0.2, 0.25) is 0 Å². The monoisotopic (exact) mass is 468 g/mol. The molecule has 6 heteroatoms. The van der Waals surface area contributed by atoms with Crippen LogP contribution in [0.1, 0.15) is 78.0 Å². The average Bonchev–Trinajstić information content (AvgIpc) is 3.62. The molecule has 2 amide bonds. The molecule has 3 unspecified atom stereocenters. The zero-order chi connectivity index (χ0) is 23.9. The first kappa shape index (κ1) is 22.3. The highest BCUT2D eigenvalue weighted by molar-refractivity contribution is 6.04. The molecule has 2 aromatic carbocycles. The van der Waals surface area contributed by atoms with Gasteiger partial charge in [-0.3, -0.25) is 14.5 Å². The molecule has 0 spiro atoms. The normalized spacial score (nSPS) is 25.9. The van der Waals surface area contributed by atoms with Crippen molar-refractivity contribution in [1.82, 2.24) is 9.80 Å². The van der Waals surface area contributed by atoms with Gasteiger partial charge in [-0.05, 0) is 80.0 Å². The minimum absolute atomic E-state index is 0.200. The number of hydrogen-bond donors (Lipinski definition) is 1. The molecule has 1 saturated carbocycles. The van der Waals surface area contributed by atoms with Gasteiger partial charge in [-0.2, -0.15) is 5.26 Å². The summed E-state index contributed by atoms with van der Waals surface area (Å²) in [7, 11) is 0. The third-order valence-corrected chi connectivity index (χ3v) is 8.61. The van der Waals surface area contributed by atoms with Crippen molar-refractivity contribution in [3.63, 3.8) is 0 Å². The van der Waals surface area contributed by atoms with Crippen LogP contribution in [0, 0.1) is 17.2 Å². The number of carbonyl (C=O) groups excluding carboxylic acids is 2. The Hall–Kier alpha value is -3.17. The summed E-state index contributed by atoms with van der Waals surface area (Å²) in [5.74, 6) is 0.484. The SMILES string of the molecule is N#Cc1cccc(C(=O)Nc2ccc3c(c2)C(N2CC4CCC(C2)N4C(=O)C2CCCC2)CC3)c1. The Kier molecular flexibility index (Phi) is 5.82. The summed E-state index contributed by atoms with van der Waals surface area (Å²) >= 11 is 0. The van der Waals surface area contributed by atoms with Crippen molar-refractivity contribution in [2.24, 2.45) is 5.92 Å². The number of nitrogens with zero attached hydrogens (tertiary/aromatic N) is 3. The number of amides is 2. The molecule has 2 aromatic rings. The molecule has 3 fully saturated rings. The second-order valence-electron chi connectivity index (χ2n) is 10.7. The lowest BCUT2D eigenvalue weighted by atomic mass is 10.0. The Morgan fingerprint density at radius 1 is 0.943 bits per heavy atom. The van der Waals surface area contributed by atoms with Gasteiger partial charge < -0.3 is 10.2 Å². The molecule has 0 aromatic heterocycles. The van der Waals surface area contributed by atoms with Crippen LogP contribution in [0.15, 0.2) is 42.5 Å². The quantitative estimate of drug-likeness (QED) is 0.708. The Morgan fingerprint density at radius 3 is 2.46 bits per heavy atom. The number of nitriles is 1. The van der Waals surface area contributed by atoms with Gasteiger partial charge in [0.05, 0.1) is 11.6 Å². The number of anilines is 1. The zero-order valence-corrected chi connectivity index (χ0v) is 20.1. The maximum atomic E-state index is 13.2. The van der Waals surface area contributed by atoms with Crippen molar-refractivity contribution in [1.29, 1.82) is 5.26 Å². The number of benzene rings is 2. The van der Waals surface area contributed by atoms with Crippen molar-refractivity contribution >= 4 is 17.5 Å². The summed E-state index contributed by atoms with van der Waals surface area (Å²) in [5, 5.41) is 12.2. The first-order valence-electron chi connectivity index (χ1n) is 13.1. The Morgan fingerprint density at radius 2 is 1.71 bits per heavy atom. The van der Waals surface area contributed by atoms with E-state index in [2.05, 4.69) is 33.3 Å². The highest BCUT2D eigenvalue weighted by Gasteiger charge is 2.46. The van der Waals surface area contributed by atoms with Gasteiger partial charge in [0.1, 0.15) is 0 Å². The molecule has 6 nitrogen and oxygen atoms in total. The van der Waals surface area contributed by atoms with E-state index in [1.807, 2.05) is 6.07 Å². The second kappa shape index (κ2) is 9.13. The fourth-order valence-electron chi connectivity index (χ4n) is 6.90. The molecule has 180 valence electrons. The fourth-order valence-corrected chi connectivity index (χ4v) is 6.90. The third kappa shape index (κ3) is 4.12. The number of carbonyl (C=O) groups is 2. The van der Waals surface area contributed by atoms with Crippen molar-refractivity contribution in [2.45, 2.75) is 69.5 Å². The predicted molar refractivity (Wildman–Crippen MR) is 134 cm³/mol. The lowest BCUT2D eigenvalue weighted by Crippen LogP contribution is -2.57. The van der Waals surface area contributed by atoms with E-state index in [0.717, 1.165) is 57.3 Å². The number of piperazine rings is 1. The molecule has 2 heterocycles. The van der Waals surface area contributed by atoms with Crippen LogP contribution < -0.4 is 5.32 Å². The van der Waals surface area contributed by atoms with Gasteiger partial charge in [-0.15, -0.1) is 0 Å². The van der Waals surface area contributed by atoms with Gasteiger partial charge in [0.25, 0.3) is 5.91 Å². The van der Waals surface area contributed by atoms with E-state index in [1.54, 1.807) is 24.3 Å². The molecule has 6 rings (SSSR count). The van der Waals surface area contributed by atoms with Crippen LogP contribution in [0.25, 0.3) is 0 Å². The summed E-state index contributed by atoms with van der Waals surface area (Å²) in [6.45, 7) is 1.91. The van der Waals surface area contributed by atoms with Gasteiger partial charge in [-0.1, -0.05) is 25.0 Å². The Labute approximate surface area is 206 Å². The Balaban J connectivity index is 1.17. The third-order valence-electron chi connectivity index (χ3n) is 8.61. The molecular formula is C29H32N4O2. The van der Waals surface area contributed by atoms with E-state index in [0.29, 0.717) is 35.2 Å². The summed E-state index contributed by atoms with van der Waals surface area (Å²) in [5.41, 5.74) is 4.42. The molecule has 2 saturated heterocycles. The molecule has 4 aliphatic rings. The molecule has 2 aliphatic heterocycles. The van der Waals surface area contributed by atoms with Gasteiger partial charge in [0, 0.05) is 48.4 Å². The maximum Gasteiger partial charge on any atom is 0.255 e. The molecule has 2 aliphatic carbocycles. The van der Waals surface area contributed by atoms with Gasteiger partial charge in [-0.25, -0.2) is 0 Å². The molecule has 2 bridgehead atoms. The van der Waals surface area contributed by atoms with Crippen molar-refractivity contribution in [3.8, 4) is 6.07 Å². The van der Waals surface area contributed by atoms with Crippen LogP contribution in [0.3, 0.4) is 0 Å². The van der Waals surface area contributed by atoms with E-state index in [-0.39, 0.29) is 11.8 Å². The molecule has 35 heavy (non-hydrogen) atoms. The fraction of sp³-hybridized carbons (Fsp3) is 0.483. The zero-order valence-electron chi connectivity index (χ0n) is 20.1. The number of rotatable bonds is 4. The first-order chi connectivity index (χ1) is 17.1. The lowest BCUT2D eigenvalue weighted by molar-refractivity contribution is -0.141. The number of aryl methyl sites for hydroxylation is 1. The average molecular weight is 469 g/mol. The van der Waals surface area contributed by atoms with Crippen LogP contribution in [0.5, 0.6) is 0 Å². The largest absolute Gasteiger partial charge is 0.334 e. The summed E-state index contributed by atoms with van der Waals surface area (Å²) in [6, 6.07) is 16.2. The van der Waals surface area contributed by atoms with Crippen molar-refractivity contribution in [2.75, 3.05) is 18.4 Å². The number of fused-ring (bicyclic) bond motifs is 3. The van der Waals surface area contributed by atoms with E-state index < -0.39 is 0 Å². The molecular weight excluding hydrogens is 436 g/mol. The first-order valence-corrected chi connectivity index (χ1v) is 13.1. The number of likely N-dealkylation sites (tertiary alicyclic amines) is 1. The van der Waals surface area contributed by atoms with Crippen molar-refractivity contribution in [3.05, 3.63) is 64.7 Å². The van der Waals surface area contributed by atoms with Crippen LogP contribution >= 0.6 is 0 Å². The highest BCUT2D eigenvalue weighted by atomic mass is 16.2. The summed E-state index contributed by atoms with van der Waals surface area (Å²) in [4.78, 5) is 30.9. The van der Waals surface area contributed by atoms with E-state index in [9.17, 15) is 9.59 Å². The molecule has 0 radical (unpaired) electrons. The smallest absolute Gasteiger partial charge is 0.255 e. The van der Waals surface area contributed by atoms with E-state index in [4.69, 9.17) is 5.26 Å². The standard InChI is InChI=1S/C29H32N4O2/c30-16-19-4-3-7-22(14-19)28(34)31-23-10-8-20-9-13-27(26(20)15-23)32-17-24-11-12-25(18-32)33(24)29(35)21-5-1-2-6-21/h3-4,7-8,10,14-15,21,24-25,27H,1-2,5-6,9,11-13,17-18H2,(H,31,34). The van der Waals surface area contributed by atoms with E-state index in [1.165, 1.54) is 24.0 Å². The Bertz CT molecular complexity index is 1180. The highest BCUT2D eigenvalue weighted by Crippen LogP contribution is 2.42. The second-order valence-corrected chi connectivity index (χ2v) is 10.7. The van der Waals surface area contributed by atoms with Gasteiger partial charge >= 0.3 is 0 Å². The maximum absolute atomic E-state index is 13.2. The molecule has 3 atom stereocenters. The van der Waals surface area contributed by atoms with Gasteiger partial charge in [0.2, 0.25) is 5.91 Å². The van der Waals surface area contributed by atoms with Crippen LogP contribution in [-0.2, 0) is 11.2 Å². The summed E-state index contributed by atoms with van der Waals surface area (Å²) in [6.07, 6.45) is 8.93. The number of nitrogens with one attached hydrogen (secondary N) is 1. The van der Waals surface area contributed by atoms with E-state index >= 15 is 0 Å². The summed E-state index contributed by atoms with van der Waals surface area (Å²) < 4.78 is 0. The minimum atomic E-state index is -0.200. The lowest BCUT2D eigenvalue weighted by Gasteiger charge is -2.44. The van der Waals surface area contributed by atoms with Crippen LogP contribution in [0.4, 0.5) is 5.69 Å². The molecule has 1 N–H and O–H groups in total. The minimum Gasteiger partial charge on any atom is -0.334 e. The number of hydrogen-bond acceptors (Lipinski definition) is 4. The van der Waals surface area contributed by atoms with Gasteiger partial charge in [0.15, 0.2) is 0 Å². The topological polar surface area (TPSA) is 76.4 Å². The van der Waals surface area contributed by atoms with Crippen LogP contribution in [-0.4, -0.2) is 46.8 Å².